The molecule has 88 valence electrons. The highest BCUT2D eigenvalue weighted by molar-refractivity contribution is 9.10. The average Bonchev–Trinajstić information content (AvgIpc) is 2.24. The molecule has 6 heteroatoms. The Bertz CT molecular complexity index is 693. The van der Waals surface area contributed by atoms with Gasteiger partial charge >= 0.3 is 0 Å². The Morgan fingerprint density at radius 3 is 2.82 bits per heavy atom. The van der Waals surface area contributed by atoms with Crippen LogP contribution >= 0.6 is 28.1 Å². The number of aryl methyl sites for hydroxylation is 1. The maximum atomic E-state index is 13.3. The quantitative estimate of drug-likeness (QED) is 0.821. The lowest BCUT2D eigenvalue weighted by atomic mass is 10.2. The van der Waals surface area contributed by atoms with Gasteiger partial charge in [-0.05, 0) is 52.8 Å². The summed E-state index contributed by atoms with van der Waals surface area (Å²) in [6.07, 6.45) is 1.56. The van der Waals surface area contributed by atoms with Gasteiger partial charge in [0.1, 0.15) is 5.82 Å². The molecule has 0 atom stereocenters. The molecule has 0 saturated carbocycles. The molecular formula is C11H8BrFN2OS. The molecule has 0 aliphatic carbocycles. The van der Waals surface area contributed by atoms with E-state index in [1.807, 2.05) is 0 Å². The fraction of sp³-hybridized carbons (Fsp3) is 0.0909. The zero-order valence-electron chi connectivity index (χ0n) is 8.83. The number of H-pyrrole nitrogens is 1. The van der Waals surface area contributed by atoms with Crippen LogP contribution in [-0.2, 0) is 0 Å². The summed E-state index contributed by atoms with van der Waals surface area (Å²) in [7, 11) is 0. The number of aromatic amines is 1. The van der Waals surface area contributed by atoms with Crippen molar-refractivity contribution in [3.05, 3.63) is 55.4 Å². The molecule has 1 heterocycles. The van der Waals surface area contributed by atoms with Crippen molar-refractivity contribution in [1.82, 2.24) is 9.55 Å². The molecule has 0 fully saturated rings. The number of hydrogen-bond donors (Lipinski definition) is 1. The number of nitrogens with zero attached hydrogens (tertiary/aromatic N) is 1. The Kier molecular flexibility index (Phi) is 3.26. The molecule has 0 spiro atoms. The summed E-state index contributed by atoms with van der Waals surface area (Å²) in [6.45, 7) is 1.78. The van der Waals surface area contributed by atoms with E-state index in [1.54, 1.807) is 23.8 Å². The molecular weight excluding hydrogens is 307 g/mol. The van der Waals surface area contributed by atoms with E-state index in [-0.39, 0.29) is 16.1 Å². The number of rotatable bonds is 1. The van der Waals surface area contributed by atoms with Gasteiger partial charge in [0, 0.05) is 12.3 Å². The van der Waals surface area contributed by atoms with Crippen molar-refractivity contribution in [2.24, 2.45) is 0 Å². The van der Waals surface area contributed by atoms with Gasteiger partial charge in [0.05, 0.1) is 10.2 Å². The fourth-order valence-electron chi connectivity index (χ4n) is 1.50. The van der Waals surface area contributed by atoms with Crippen LogP contribution in [0.15, 0.2) is 33.7 Å². The first-order valence-corrected chi connectivity index (χ1v) is 5.97. The van der Waals surface area contributed by atoms with Crippen LogP contribution in [-0.4, -0.2) is 9.55 Å². The van der Waals surface area contributed by atoms with Gasteiger partial charge in [0.15, 0.2) is 4.77 Å². The van der Waals surface area contributed by atoms with Crippen molar-refractivity contribution in [2.45, 2.75) is 6.92 Å². The number of hydrogen-bond acceptors (Lipinski definition) is 2. The Labute approximate surface area is 110 Å². The summed E-state index contributed by atoms with van der Waals surface area (Å²) in [5.74, 6) is -0.331. The summed E-state index contributed by atoms with van der Waals surface area (Å²) < 4.78 is 15.6. The van der Waals surface area contributed by atoms with E-state index < -0.39 is 0 Å². The Morgan fingerprint density at radius 2 is 2.18 bits per heavy atom. The lowest BCUT2D eigenvalue weighted by Gasteiger charge is -2.10. The van der Waals surface area contributed by atoms with Gasteiger partial charge in [-0.2, -0.15) is 0 Å². The highest BCUT2D eigenvalue weighted by atomic mass is 79.9. The lowest BCUT2D eigenvalue weighted by molar-refractivity contribution is 0.619. The molecule has 1 aromatic carbocycles. The average molecular weight is 315 g/mol. The van der Waals surface area contributed by atoms with Gasteiger partial charge in [-0.3, -0.25) is 14.3 Å². The molecule has 0 amide bonds. The van der Waals surface area contributed by atoms with Crippen molar-refractivity contribution in [3.63, 3.8) is 0 Å². The third-order valence-electron chi connectivity index (χ3n) is 2.32. The minimum absolute atomic E-state index is 0.259. The fourth-order valence-corrected chi connectivity index (χ4v) is 2.09. The third kappa shape index (κ3) is 2.37. The second kappa shape index (κ2) is 4.54. The summed E-state index contributed by atoms with van der Waals surface area (Å²) in [6, 6.07) is 4.40. The maximum Gasteiger partial charge on any atom is 0.251 e. The van der Waals surface area contributed by atoms with Crippen molar-refractivity contribution in [3.8, 4) is 5.69 Å². The standard InChI is InChI=1S/C11H8BrFN2OS/c1-6-4-8(13)7(12)5-9(6)15-3-2-10(16)14-11(15)17/h2-5H,1H3,(H,14,16,17). The second-order valence-electron chi connectivity index (χ2n) is 3.53. The summed E-state index contributed by atoms with van der Waals surface area (Å²) in [5.41, 5.74) is 1.19. The van der Waals surface area contributed by atoms with Crippen LogP contribution in [0.1, 0.15) is 5.56 Å². The minimum atomic E-state index is -0.331. The molecule has 0 unspecified atom stereocenters. The molecule has 0 radical (unpaired) electrons. The molecule has 0 bridgehead atoms. The Hall–Kier alpha value is -1.27. The maximum absolute atomic E-state index is 13.3. The van der Waals surface area contributed by atoms with Crippen LogP contribution < -0.4 is 5.56 Å². The molecule has 3 nitrogen and oxygen atoms in total. The SMILES string of the molecule is Cc1cc(F)c(Br)cc1-n1ccc(=O)[nH]c1=S. The molecule has 0 aliphatic rings. The van der Waals surface area contributed by atoms with Gasteiger partial charge < -0.3 is 0 Å². The van der Waals surface area contributed by atoms with Crippen LogP contribution in [0.3, 0.4) is 0 Å². The predicted octanol–water partition coefficient (Wildman–Crippen LogP) is 3.11. The minimum Gasteiger partial charge on any atom is -0.299 e. The zero-order valence-corrected chi connectivity index (χ0v) is 11.2. The normalized spacial score (nSPS) is 10.5. The van der Waals surface area contributed by atoms with Crippen molar-refractivity contribution < 1.29 is 4.39 Å². The van der Waals surface area contributed by atoms with E-state index >= 15 is 0 Å². The molecule has 2 rings (SSSR count). The van der Waals surface area contributed by atoms with Gasteiger partial charge in [0.2, 0.25) is 0 Å². The molecule has 17 heavy (non-hydrogen) atoms. The van der Waals surface area contributed by atoms with Crippen LogP contribution in [0.2, 0.25) is 0 Å². The molecule has 2 aromatic rings. The van der Waals surface area contributed by atoms with Crippen molar-refractivity contribution in [1.29, 1.82) is 0 Å². The summed E-state index contributed by atoms with van der Waals surface area (Å²) in [4.78, 5) is 13.6. The highest BCUT2D eigenvalue weighted by Crippen LogP contribution is 2.23. The van der Waals surface area contributed by atoms with Crippen LogP contribution in [0.5, 0.6) is 0 Å². The van der Waals surface area contributed by atoms with Gasteiger partial charge in [-0.25, -0.2) is 4.39 Å². The second-order valence-corrected chi connectivity index (χ2v) is 4.77. The van der Waals surface area contributed by atoms with Gasteiger partial charge in [0.25, 0.3) is 5.56 Å². The van der Waals surface area contributed by atoms with Crippen LogP contribution in [0, 0.1) is 17.5 Å². The predicted molar refractivity (Wildman–Crippen MR) is 69.6 cm³/mol. The van der Waals surface area contributed by atoms with Crippen LogP contribution in [0.4, 0.5) is 4.39 Å². The van der Waals surface area contributed by atoms with E-state index in [1.165, 1.54) is 12.1 Å². The number of nitrogens with one attached hydrogen (secondary N) is 1. The molecule has 1 aromatic heterocycles. The first kappa shape index (κ1) is 12.2. The Balaban J connectivity index is 2.73. The lowest BCUT2D eigenvalue weighted by Crippen LogP contribution is -2.10. The van der Waals surface area contributed by atoms with E-state index in [4.69, 9.17) is 12.2 Å². The van der Waals surface area contributed by atoms with Gasteiger partial charge in [-0.15, -0.1) is 0 Å². The van der Waals surface area contributed by atoms with E-state index in [9.17, 15) is 9.18 Å². The number of benzene rings is 1. The van der Waals surface area contributed by atoms with Crippen LogP contribution in [0.25, 0.3) is 5.69 Å². The first-order valence-electron chi connectivity index (χ1n) is 4.77. The van der Waals surface area contributed by atoms with E-state index in [0.717, 1.165) is 11.3 Å². The third-order valence-corrected chi connectivity index (χ3v) is 3.23. The van der Waals surface area contributed by atoms with Gasteiger partial charge in [-0.1, -0.05) is 0 Å². The largest absolute Gasteiger partial charge is 0.299 e. The van der Waals surface area contributed by atoms with Crippen molar-refractivity contribution >= 4 is 28.1 Å². The highest BCUT2D eigenvalue weighted by Gasteiger charge is 2.07. The Morgan fingerprint density at radius 1 is 1.47 bits per heavy atom. The number of halogens is 2. The monoisotopic (exact) mass is 314 g/mol. The first-order chi connectivity index (χ1) is 7.99. The molecule has 0 aliphatic heterocycles. The molecule has 0 saturated heterocycles. The zero-order chi connectivity index (χ0) is 12.6. The van der Waals surface area contributed by atoms with E-state index in [2.05, 4.69) is 20.9 Å². The topological polar surface area (TPSA) is 37.8 Å². The smallest absolute Gasteiger partial charge is 0.251 e. The summed E-state index contributed by atoms with van der Waals surface area (Å²) >= 11 is 8.18. The number of aromatic nitrogens is 2. The van der Waals surface area contributed by atoms with E-state index in [0.29, 0.717) is 4.47 Å². The summed E-state index contributed by atoms with van der Waals surface area (Å²) in [5, 5.41) is 0. The molecule has 1 N–H and O–H groups in total. The van der Waals surface area contributed by atoms with Crippen molar-refractivity contribution in [2.75, 3.05) is 0 Å².